The Balaban J connectivity index is 1.75. The molecule has 1 saturated heterocycles. The van der Waals surface area contributed by atoms with Crippen LogP contribution in [0.4, 0.5) is 13.2 Å². The number of hydrogen-bond donors (Lipinski definition) is 2. The molecule has 0 amide bonds. The van der Waals surface area contributed by atoms with Crippen LogP contribution in [0.2, 0.25) is 0 Å². The zero-order valence-corrected chi connectivity index (χ0v) is 17.2. The first-order valence-corrected chi connectivity index (χ1v) is 11.1. The Morgan fingerprint density at radius 2 is 1.76 bits per heavy atom. The number of aliphatic hydroxyl groups excluding tert-OH is 1. The van der Waals surface area contributed by atoms with E-state index in [-0.39, 0.29) is 30.1 Å². The van der Waals surface area contributed by atoms with E-state index in [9.17, 15) is 31.8 Å². The number of benzene rings is 1. The van der Waals surface area contributed by atoms with Gasteiger partial charge in [0, 0.05) is 31.7 Å². The van der Waals surface area contributed by atoms with E-state index in [1.807, 2.05) is 0 Å². The summed E-state index contributed by atoms with van der Waals surface area (Å²) in [6, 6.07) is 3.91. The van der Waals surface area contributed by atoms with E-state index in [1.165, 1.54) is 4.31 Å². The van der Waals surface area contributed by atoms with Gasteiger partial charge in [0.1, 0.15) is 0 Å². The lowest BCUT2D eigenvalue weighted by molar-refractivity contribution is -0.258. The molecule has 3 rings (SSSR count). The molecule has 1 saturated carbocycles. The van der Waals surface area contributed by atoms with Gasteiger partial charge in [-0.05, 0) is 50.3 Å². The molecule has 10 heteroatoms. The van der Waals surface area contributed by atoms with Crippen LogP contribution < -0.4 is 0 Å². The van der Waals surface area contributed by atoms with Gasteiger partial charge in [0.15, 0.2) is 5.60 Å². The highest BCUT2D eigenvalue weighted by molar-refractivity contribution is 7.89. The normalized spacial score (nSPS) is 25.6. The molecule has 0 bridgehead atoms. The first kappa shape index (κ1) is 22.5. The molecule has 6 nitrogen and oxygen atoms in total. The van der Waals surface area contributed by atoms with Crippen molar-refractivity contribution in [3.8, 4) is 0 Å². The minimum atomic E-state index is -4.87. The molecular weight excluding hydrogens is 409 g/mol. The second-order valence-electron chi connectivity index (χ2n) is 8.14. The van der Waals surface area contributed by atoms with Crippen molar-refractivity contribution < 1.29 is 31.8 Å². The molecule has 1 aliphatic heterocycles. The Morgan fingerprint density at radius 1 is 1.17 bits per heavy atom. The second-order valence-corrected chi connectivity index (χ2v) is 10.0. The molecule has 164 valence electrons. The molecule has 0 radical (unpaired) electrons. The van der Waals surface area contributed by atoms with E-state index in [1.54, 1.807) is 6.92 Å². The summed E-state index contributed by atoms with van der Waals surface area (Å²) in [6.07, 6.45) is -2.72. The monoisotopic (exact) mass is 436 g/mol. The van der Waals surface area contributed by atoms with Gasteiger partial charge >= 0.3 is 6.18 Å². The summed E-state index contributed by atoms with van der Waals surface area (Å²) in [7, 11) is -3.89. The Bertz CT molecular complexity index is 823. The Labute approximate surface area is 169 Å². The molecule has 1 aliphatic carbocycles. The lowest BCUT2D eigenvalue weighted by Gasteiger charge is -2.42. The summed E-state index contributed by atoms with van der Waals surface area (Å²) in [5.74, 6) is 0.462. The summed E-state index contributed by atoms with van der Waals surface area (Å²) < 4.78 is 66.4. The Hall–Kier alpha value is -1.20. The maximum atomic E-state index is 13.0. The molecule has 1 aromatic rings. The predicted molar refractivity (Wildman–Crippen MR) is 101 cm³/mol. The van der Waals surface area contributed by atoms with E-state index in [0.717, 1.165) is 37.1 Å². The van der Waals surface area contributed by atoms with E-state index >= 15 is 0 Å². The van der Waals surface area contributed by atoms with Crippen molar-refractivity contribution in [1.29, 1.82) is 0 Å². The summed E-state index contributed by atoms with van der Waals surface area (Å²) in [5, 5.41) is 19.4. The Kier molecular flexibility index (Phi) is 6.05. The van der Waals surface area contributed by atoms with E-state index < -0.39 is 27.4 Å². The van der Waals surface area contributed by atoms with Gasteiger partial charge in [0.25, 0.3) is 0 Å². The number of piperazine rings is 1. The van der Waals surface area contributed by atoms with Crippen LogP contribution in [-0.2, 0) is 15.6 Å². The highest BCUT2D eigenvalue weighted by Gasteiger charge is 2.51. The SMILES string of the molecule is C[C@@H]1CN(C(CO)C2CC2)CCN1S(=O)(=O)c1ccc(C(C)(O)C(F)(F)F)cc1. The fraction of sp³-hybridized carbons (Fsp3) is 0.684. The minimum Gasteiger partial charge on any atom is -0.395 e. The maximum Gasteiger partial charge on any atom is 0.421 e. The van der Waals surface area contributed by atoms with Crippen LogP contribution in [0.15, 0.2) is 29.2 Å². The number of aliphatic hydroxyl groups is 2. The lowest BCUT2D eigenvalue weighted by atomic mass is 9.96. The van der Waals surface area contributed by atoms with Gasteiger partial charge in [-0.2, -0.15) is 17.5 Å². The van der Waals surface area contributed by atoms with Crippen molar-refractivity contribution >= 4 is 10.0 Å². The molecular formula is C19H27F3N2O4S. The van der Waals surface area contributed by atoms with Crippen molar-refractivity contribution in [2.45, 2.75) is 55.4 Å². The van der Waals surface area contributed by atoms with E-state index in [2.05, 4.69) is 4.90 Å². The number of halogens is 3. The average molecular weight is 436 g/mol. The van der Waals surface area contributed by atoms with Crippen LogP contribution in [0.5, 0.6) is 0 Å². The topological polar surface area (TPSA) is 81.1 Å². The molecule has 2 N–H and O–H groups in total. The third-order valence-corrected chi connectivity index (χ3v) is 8.02. The molecule has 29 heavy (non-hydrogen) atoms. The van der Waals surface area contributed by atoms with Gasteiger partial charge in [-0.25, -0.2) is 8.42 Å². The van der Waals surface area contributed by atoms with Gasteiger partial charge in [-0.3, -0.25) is 4.90 Å². The highest BCUT2D eigenvalue weighted by Crippen LogP contribution is 2.39. The van der Waals surface area contributed by atoms with Crippen molar-refractivity contribution in [3.63, 3.8) is 0 Å². The summed E-state index contributed by atoms with van der Waals surface area (Å²) in [5.41, 5.74) is -3.48. The van der Waals surface area contributed by atoms with Crippen LogP contribution in [-0.4, -0.2) is 72.3 Å². The fourth-order valence-electron chi connectivity index (χ4n) is 3.92. The molecule has 0 aromatic heterocycles. The molecule has 2 unspecified atom stereocenters. The Morgan fingerprint density at radius 3 is 2.21 bits per heavy atom. The molecule has 3 atom stereocenters. The summed E-state index contributed by atoms with van der Waals surface area (Å²) in [4.78, 5) is 2.01. The van der Waals surface area contributed by atoms with Crippen LogP contribution in [0.3, 0.4) is 0 Å². The summed E-state index contributed by atoms with van der Waals surface area (Å²) >= 11 is 0. The van der Waals surface area contributed by atoms with Gasteiger partial charge in [0.2, 0.25) is 10.0 Å². The third kappa shape index (κ3) is 4.32. The number of alkyl halides is 3. The quantitative estimate of drug-likeness (QED) is 0.712. The zero-order chi connectivity index (χ0) is 21.6. The van der Waals surface area contributed by atoms with Crippen molar-refractivity contribution in [1.82, 2.24) is 9.21 Å². The predicted octanol–water partition coefficient (Wildman–Crippen LogP) is 1.92. The van der Waals surface area contributed by atoms with Gasteiger partial charge in [-0.1, -0.05) is 12.1 Å². The molecule has 0 spiro atoms. The molecule has 2 fully saturated rings. The van der Waals surface area contributed by atoms with Crippen molar-refractivity contribution in [3.05, 3.63) is 29.8 Å². The average Bonchev–Trinajstić information content (AvgIpc) is 3.46. The number of nitrogens with zero attached hydrogens (tertiary/aromatic N) is 2. The largest absolute Gasteiger partial charge is 0.421 e. The standard InChI is InChI=1S/C19H27F3N2O4S/c1-13-11-23(17(12-25)14-3-4-14)9-10-24(13)29(27,28)16-7-5-15(6-8-16)18(2,26)19(20,21)22/h5-8,13-14,17,25-26H,3-4,9-12H2,1-2H3/t13-,17?,18?/m1/s1. The van der Waals surface area contributed by atoms with Gasteiger partial charge < -0.3 is 10.2 Å². The zero-order valence-electron chi connectivity index (χ0n) is 16.4. The highest BCUT2D eigenvalue weighted by atomic mass is 32.2. The molecule has 2 aliphatic rings. The van der Waals surface area contributed by atoms with Crippen LogP contribution in [0, 0.1) is 5.92 Å². The smallest absolute Gasteiger partial charge is 0.395 e. The lowest BCUT2D eigenvalue weighted by Crippen LogP contribution is -2.57. The fourth-order valence-corrected chi connectivity index (χ4v) is 5.53. The first-order valence-electron chi connectivity index (χ1n) is 9.66. The molecule has 1 heterocycles. The summed E-state index contributed by atoms with van der Waals surface area (Å²) in [6.45, 7) is 3.69. The molecule has 1 aromatic carbocycles. The number of hydrogen-bond acceptors (Lipinski definition) is 5. The van der Waals surface area contributed by atoms with Crippen molar-refractivity contribution in [2.75, 3.05) is 26.2 Å². The van der Waals surface area contributed by atoms with Crippen LogP contribution >= 0.6 is 0 Å². The maximum absolute atomic E-state index is 13.0. The first-order chi connectivity index (χ1) is 13.4. The van der Waals surface area contributed by atoms with Gasteiger partial charge in [-0.15, -0.1) is 0 Å². The number of sulfonamides is 1. The van der Waals surface area contributed by atoms with Crippen LogP contribution in [0.25, 0.3) is 0 Å². The van der Waals surface area contributed by atoms with Crippen molar-refractivity contribution in [2.24, 2.45) is 5.92 Å². The van der Waals surface area contributed by atoms with E-state index in [0.29, 0.717) is 25.9 Å². The minimum absolute atomic E-state index is 0.0464. The third-order valence-electron chi connectivity index (χ3n) is 6.00. The second kappa shape index (κ2) is 7.81. The number of rotatable bonds is 6. The van der Waals surface area contributed by atoms with E-state index in [4.69, 9.17) is 0 Å². The van der Waals surface area contributed by atoms with Crippen LogP contribution in [0.1, 0.15) is 32.3 Å². The van der Waals surface area contributed by atoms with Gasteiger partial charge in [0.05, 0.1) is 11.5 Å².